The van der Waals surface area contributed by atoms with Gasteiger partial charge in [-0.3, -0.25) is 9.69 Å². The van der Waals surface area contributed by atoms with E-state index in [1.165, 1.54) is 5.56 Å². The second kappa shape index (κ2) is 8.63. The van der Waals surface area contributed by atoms with Crippen molar-refractivity contribution in [2.45, 2.75) is 65.2 Å². The summed E-state index contributed by atoms with van der Waals surface area (Å²) in [6, 6.07) is 11.1. The van der Waals surface area contributed by atoms with Gasteiger partial charge in [0.15, 0.2) is 0 Å². The number of carbonyl (C=O) groups is 1. The number of hydrogen-bond acceptors (Lipinski definition) is 3. The highest BCUT2D eigenvalue weighted by Gasteiger charge is 2.31. The van der Waals surface area contributed by atoms with Gasteiger partial charge in [0.2, 0.25) is 5.91 Å². The van der Waals surface area contributed by atoms with Crippen LogP contribution < -0.4 is 5.73 Å². The quantitative estimate of drug-likeness (QED) is 0.872. The predicted molar refractivity (Wildman–Crippen MR) is 99.5 cm³/mol. The summed E-state index contributed by atoms with van der Waals surface area (Å²) in [5.74, 6) is 0.293. The lowest BCUT2D eigenvalue weighted by molar-refractivity contribution is -0.136. The molecule has 1 aliphatic rings. The number of likely N-dealkylation sites (tertiary alicyclic amines) is 1. The summed E-state index contributed by atoms with van der Waals surface area (Å²) in [4.78, 5) is 17.1. The lowest BCUT2D eigenvalue weighted by atomic mass is 9.98. The number of carbonyl (C=O) groups excluding carboxylic acids is 1. The van der Waals surface area contributed by atoms with E-state index in [0.29, 0.717) is 12.1 Å². The van der Waals surface area contributed by atoms with E-state index in [0.717, 1.165) is 32.5 Å². The molecule has 2 rings (SSSR count). The van der Waals surface area contributed by atoms with Crippen LogP contribution in [0.15, 0.2) is 30.3 Å². The molecule has 134 valence electrons. The Morgan fingerprint density at radius 3 is 2.50 bits per heavy atom. The Bertz CT molecular complexity index is 515. The number of nitrogens with zero attached hydrogens (tertiary/aromatic N) is 2. The molecule has 2 N–H and O–H groups in total. The van der Waals surface area contributed by atoms with Crippen molar-refractivity contribution in [3.63, 3.8) is 0 Å². The Labute approximate surface area is 147 Å². The Balaban J connectivity index is 2.06. The SMILES string of the molecule is CC(C)C(N)C(=O)N1CCCC(N(Cc2ccccc2)C(C)C)C1. The molecule has 4 nitrogen and oxygen atoms in total. The van der Waals surface area contributed by atoms with Gasteiger partial charge in [0.05, 0.1) is 6.04 Å². The van der Waals surface area contributed by atoms with Crippen LogP contribution >= 0.6 is 0 Å². The van der Waals surface area contributed by atoms with Crippen molar-refractivity contribution in [1.29, 1.82) is 0 Å². The van der Waals surface area contributed by atoms with E-state index < -0.39 is 0 Å². The molecule has 0 aromatic heterocycles. The third-order valence-electron chi connectivity index (χ3n) is 5.05. The Morgan fingerprint density at radius 2 is 1.92 bits per heavy atom. The maximum Gasteiger partial charge on any atom is 0.239 e. The van der Waals surface area contributed by atoms with Crippen LogP contribution in [0, 0.1) is 5.92 Å². The fourth-order valence-electron chi connectivity index (χ4n) is 3.45. The largest absolute Gasteiger partial charge is 0.340 e. The van der Waals surface area contributed by atoms with Crippen LogP contribution in [0.4, 0.5) is 0 Å². The topological polar surface area (TPSA) is 49.6 Å². The number of nitrogens with two attached hydrogens (primary N) is 1. The highest BCUT2D eigenvalue weighted by atomic mass is 16.2. The van der Waals surface area contributed by atoms with Gasteiger partial charge in [-0.2, -0.15) is 0 Å². The molecule has 0 spiro atoms. The normalized spacial score (nSPS) is 20.0. The minimum absolute atomic E-state index is 0.109. The van der Waals surface area contributed by atoms with E-state index in [9.17, 15) is 4.79 Å². The minimum Gasteiger partial charge on any atom is -0.340 e. The van der Waals surface area contributed by atoms with Gasteiger partial charge < -0.3 is 10.6 Å². The summed E-state index contributed by atoms with van der Waals surface area (Å²) in [7, 11) is 0. The molecule has 1 heterocycles. The fourth-order valence-corrected chi connectivity index (χ4v) is 3.45. The zero-order valence-corrected chi connectivity index (χ0v) is 15.6. The lowest BCUT2D eigenvalue weighted by Gasteiger charge is -2.42. The van der Waals surface area contributed by atoms with Gasteiger partial charge in [-0.25, -0.2) is 0 Å². The molecular weight excluding hydrogens is 298 g/mol. The molecule has 2 unspecified atom stereocenters. The van der Waals surface area contributed by atoms with Gasteiger partial charge in [-0.15, -0.1) is 0 Å². The van der Waals surface area contributed by atoms with Crippen molar-refractivity contribution in [1.82, 2.24) is 9.80 Å². The summed E-state index contributed by atoms with van der Waals surface area (Å²) >= 11 is 0. The van der Waals surface area contributed by atoms with Gasteiger partial charge in [-0.1, -0.05) is 44.2 Å². The Hall–Kier alpha value is -1.39. The van der Waals surface area contributed by atoms with E-state index in [-0.39, 0.29) is 17.9 Å². The van der Waals surface area contributed by atoms with Crippen LogP contribution in [0.2, 0.25) is 0 Å². The molecule has 0 radical (unpaired) electrons. The van der Waals surface area contributed by atoms with Crippen molar-refractivity contribution in [3.8, 4) is 0 Å². The van der Waals surface area contributed by atoms with Crippen LogP contribution in [0.25, 0.3) is 0 Å². The first-order valence-corrected chi connectivity index (χ1v) is 9.24. The number of rotatable bonds is 6. The maximum absolute atomic E-state index is 12.6. The first-order valence-electron chi connectivity index (χ1n) is 9.24. The lowest BCUT2D eigenvalue weighted by Crippen LogP contribution is -2.55. The number of amides is 1. The molecule has 0 aliphatic carbocycles. The summed E-state index contributed by atoms with van der Waals surface area (Å²) < 4.78 is 0. The van der Waals surface area contributed by atoms with Gasteiger partial charge in [0.1, 0.15) is 0 Å². The van der Waals surface area contributed by atoms with Crippen molar-refractivity contribution in [2.24, 2.45) is 11.7 Å². The van der Waals surface area contributed by atoms with Crippen LogP contribution in [0.5, 0.6) is 0 Å². The summed E-state index contributed by atoms with van der Waals surface area (Å²) in [5.41, 5.74) is 7.42. The van der Waals surface area contributed by atoms with Crippen LogP contribution in [0.1, 0.15) is 46.1 Å². The predicted octanol–water partition coefficient (Wildman–Crippen LogP) is 2.87. The van der Waals surface area contributed by atoms with Gasteiger partial charge in [-0.05, 0) is 38.2 Å². The highest BCUT2D eigenvalue weighted by molar-refractivity contribution is 5.82. The molecule has 1 amide bonds. The minimum atomic E-state index is -0.384. The van der Waals surface area contributed by atoms with Gasteiger partial charge in [0.25, 0.3) is 0 Å². The highest BCUT2D eigenvalue weighted by Crippen LogP contribution is 2.21. The van der Waals surface area contributed by atoms with Crippen molar-refractivity contribution in [2.75, 3.05) is 13.1 Å². The summed E-state index contributed by atoms with van der Waals surface area (Å²) in [5, 5.41) is 0. The smallest absolute Gasteiger partial charge is 0.239 e. The summed E-state index contributed by atoms with van der Waals surface area (Å²) in [6.07, 6.45) is 2.20. The average molecular weight is 332 g/mol. The fraction of sp³-hybridized carbons (Fsp3) is 0.650. The molecule has 1 aromatic carbocycles. The molecule has 1 aliphatic heterocycles. The third kappa shape index (κ3) is 4.81. The Kier molecular flexibility index (Phi) is 6.81. The van der Waals surface area contributed by atoms with E-state index in [1.54, 1.807) is 0 Å². The molecule has 1 saturated heterocycles. The average Bonchev–Trinajstić information content (AvgIpc) is 2.59. The van der Waals surface area contributed by atoms with E-state index in [4.69, 9.17) is 5.73 Å². The second-order valence-corrected chi connectivity index (χ2v) is 7.60. The Morgan fingerprint density at radius 1 is 1.25 bits per heavy atom. The van der Waals surface area contributed by atoms with E-state index >= 15 is 0 Å². The van der Waals surface area contributed by atoms with E-state index in [2.05, 4.69) is 49.1 Å². The van der Waals surface area contributed by atoms with Crippen LogP contribution in [0.3, 0.4) is 0 Å². The molecule has 2 atom stereocenters. The molecular formula is C20H33N3O. The number of benzene rings is 1. The number of piperidine rings is 1. The zero-order chi connectivity index (χ0) is 17.7. The first-order chi connectivity index (χ1) is 11.4. The van der Waals surface area contributed by atoms with Gasteiger partial charge in [0, 0.05) is 31.7 Å². The van der Waals surface area contributed by atoms with Crippen molar-refractivity contribution < 1.29 is 4.79 Å². The zero-order valence-electron chi connectivity index (χ0n) is 15.6. The second-order valence-electron chi connectivity index (χ2n) is 7.60. The molecule has 1 aromatic rings. The monoisotopic (exact) mass is 331 g/mol. The van der Waals surface area contributed by atoms with E-state index in [1.807, 2.05) is 18.7 Å². The molecule has 0 bridgehead atoms. The number of hydrogen-bond donors (Lipinski definition) is 1. The van der Waals surface area contributed by atoms with Crippen LogP contribution in [-0.2, 0) is 11.3 Å². The van der Waals surface area contributed by atoms with Crippen LogP contribution in [-0.4, -0.2) is 46.9 Å². The van der Waals surface area contributed by atoms with Crippen molar-refractivity contribution >= 4 is 5.91 Å². The molecule has 24 heavy (non-hydrogen) atoms. The molecule has 4 heteroatoms. The standard InChI is InChI=1S/C20H33N3O/c1-15(2)19(21)20(24)22-12-8-11-18(14-22)23(16(3)4)13-17-9-6-5-7-10-17/h5-7,9-10,15-16,18-19H,8,11-14,21H2,1-4H3. The third-order valence-corrected chi connectivity index (χ3v) is 5.05. The maximum atomic E-state index is 12.6. The molecule has 1 fully saturated rings. The molecule has 0 saturated carbocycles. The van der Waals surface area contributed by atoms with Gasteiger partial charge >= 0.3 is 0 Å². The first kappa shape index (κ1) is 18.9. The summed E-state index contributed by atoms with van der Waals surface area (Å²) in [6.45, 7) is 11.1. The van der Waals surface area contributed by atoms with Crippen molar-refractivity contribution in [3.05, 3.63) is 35.9 Å².